The van der Waals surface area contributed by atoms with Gasteiger partial charge in [0.2, 0.25) is 11.8 Å². The van der Waals surface area contributed by atoms with Crippen LogP contribution in [0.15, 0.2) is 78.9 Å². The molecular formula is C45H48FN5O5. The highest BCUT2D eigenvalue weighted by atomic mass is 19.1. The van der Waals surface area contributed by atoms with E-state index in [0.717, 1.165) is 92.2 Å². The summed E-state index contributed by atoms with van der Waals surface area (Å²) in [5, 5.41) is 12.6. The van der Waals surface area contributed by atoms with Gasteiger partial charge in [-0.25, -0.2) is 4.39 Å². The standard InChI is InChI=1S/C45H48FN5O5/c1-28-2-3-31(24-39(28)46)43-42(37-11-9-36(52)23-33(37)27-56-43)30-4-6-34(7-5-30)49-16-14-29(15-17-49)25-48-18-20-50(21-19-48)35-8-10-38-32(22-35)26-51(45(38)55)40-12-13-41(53)47-44(40)54/h2-11,22-24,29,40,42-43,52H,12-21,25-27H2,1H3,(H,47,53,54)/t40-,42-,43-/m0/s1. The number of piperazine rings is 1. The molecule has 2 N–H and O–H groups in total. The fourth-order valence-corrected chi connectivity index (χ4v) is 9.47. The van der Waals surface area contributed by atoms with Gasteiger partial charge in [-0.15, -0.1) is 0 Å². The molecule has 4 aromatic rings. The maximum absolute atomic E-state index is 14.7. The number of piperidine rings is 2. The predicted molar refractivity (Wildman–Crippen MR) is 211 cm³/mol. The van der Waals surface area contributed by atoms with Crippen LogP contribution in [-0.2, 0) is 27.5 Å². The third-order valence-electron chi connectivity index (χ3n) is 12.7. The fourth-order valence-electron chi connectivity index (χ4n) is 9.47. The van der Waals surface area contributed by atoms with Gasteiger partial charge in [-0.1, -0.05) is 30.3 Å². The van der Waals surface area contributed by atoms with Crippen molar-refractivity contribution in [2.75, 3.05) is 55.6 Å². The first-order chi connectivity index (χ1) is 27.2. The number of nitrogens with one attached hydrogen (secondary N) is 1. The van der Waals surface area contributed by atoms with Gasteiger partial charge in [-0.05, 0) is 114 Å². The van der Waals surface area contributed by atoms with Crippen molar-refractivity contribution in [3.63, 3.8) is 0 Å². The SMILES string of the molecule is Cc1ccc([C@@H]2OCc3cc(O)ccc3[C@@H]2c2ccc(N3CCC(CN4CCN(c5ccc6c(c5)CN([C@H]5CCC(=O)NC5=O)C6=O)CC4)CC3)cc2)cc1F. The van der Waals surface area contributed by atoms with E-state index in [1.807, 2.05) is 30.3 Å². The normalized spacial score (nSPS) is 23.3. The Morgan fingerprint density at radius 1 is 0.786 bits per heavy atom. The van der Waals surface area contributed by atoms with Crippen LogP contribution in [0.1, 0.15) is 81.4 Å². The number of ether oxygens (including phenoxy) is 1. The van der Waals surface area contributed by atoms with E-state index in [-0.39, 0.29) is 47.7 Å². The summed E-state index contributed by atoms with van der Waals surface area (Å²) in [5.74, 6) is -0.312. The molecule has 3 amide bonds. The number of phenols is 1. The molecule has 5 heterocycles. The van der Waals surface area contributed by atoms with Gasteiger partial charge in [0.25, 0.3) is 5.91 Å². The van der Waals surface area contributed by atoms with Crippen LogP contribution >= 0.6 is 0 Å². The molecule has 0 saturated carbocycles. The first-order valence-corrected chi connectivity index (χ1v) is 20.0. The summed E-state index contributed by atoms with van der Waals surface area (Å²) in [6, 6.07) is 25.0. The Labute approximate surface area is 326 Å². The second kappa shape index (κ2) is 15.0. The van der Waals surface area contributed by atoms with Crippen molar-refractivity contribution in [2.24, 2.45) is 5.92 Å². The van der Waals surface area contributed by atoms with E-state index in [2.05, 4.69) is 50.3 Å². The van der Waals surface area contributed by atoms with Gasteiger partial charge < -0.3 is 24.5 Å². The lowest BCUT2D eigenvalue weighted by Crippen LogP contribution is -2.52. The quantitative estimate of drug-likeness (QED) is 0.220. The third-order valence-corrected chi connectivity index (χ3v) is 12.7. The molecule has 4 aromatic carbocycles. The van der Waals surface area contributed by atoms with E-state index in [4.69, 9.17) is 4.74 Å². The number of aromatic hydroxyl groups is 1. The number of hydrogen-bond acceptors (Lipinski definition) is 8. The van der Waals surface area contributed by atoms with Crippen molar-refractivity contribution < 1.29 is 28.6 Å². The summed E-state index contributed by atoms with van der Waals surface area (Å²) in [7, 11) is 0. The van der Waals surface area contributed by atoms with Crippen LogP contribution in [0.4, 0.5) is 15.8 Å². The zero-order valence-electron chi connectivity index (χ0n) is 31.8. The molecule has 11 heteroatoms. The Bertz CT molecular complexity index is 2160. The van der Waals surface area contributed by atoms with Crippen LogP contribution in [0.3, 0.4) is 0 Å². The number of hydrogen-bond donors (Lipinski definition) is 2. The average molecular weight is 758 g/mol. The minimum absolute atomic E-state index is 0.135. The largest absolute Gasteiger partial charge is 0.508 e. The Hall–Kier alpha value is -5.26. The minimum atomic E-state index is -0.600. The van der Waals surface area contributed by atoms with E-state index in [0.29, 0.717) is 36.6 Å². The molecule has 10 nitrogen and oxygen atoms in total. The number of aryl methyl sites for hydroxylation is 1. The number of anilines is 2. The van der Waals surface area contributed by atoms with Crippen molar-refractivity contribution in [1.82, 2.24) is 15.1 Å². The number of carbonyl (C=O) groups is 3. The van der Waals surface area contributed by atoms with Gasteiger partial charge >= 0.3 is 0 Å². The molecule has 0 aromatic heterocycles. The van der Waals surface area contributed by atoms with Crippen LogP contribution in [0.2, 0.25) is 0 Å². The van der Waals surface area contributed by atoms with E-state index < -0.39 is 6.04 Å². The van der Waals surface area contributed by atoms with E-state index >= 15 is 0 Å². The molecule has 0 radical (unpaired) electrons. The highest BCUT2D eigenvalue weighted by Crippen LogP contribution is 2.46. The van der Waals surface area contributed by atoms with Gasteiger partial charge in [0.05, 0.1) is 12.7 Å². The first kappa shape index (κ1) is 36.4. The van der Waals surface area contributed by atoms with Gasteiger partial charge in [-0.2, -0.15) is 0 Å². The molecule has 0 aliphatic carbocycles. The number of carbonyl (C=O) groups excluding carboxylic acids is 3. The van der Waals surface area contributed by atoms with E-state index in [9.17, 15) is 23.9 Å². The summed E-state index contributed by atoms with van der Waals surface area (Å²) in [4.78, 5) is 46.3. The molecule has 3 saturated heterocycles. The number of imide groups is 1. The molecular weight excluding hydrogens is 710 g/mol. The summed E-state index contributed by atoms with van der Waals surface area (Å²) in [6.07, 6.45) is 2.55. The number of halogens is 1. The molecule has 0 bridgehead atoms. The maximum atomic E-state index is 14.7. The zero-order valence-corrected chi connectivity index (χ0v) is 31.8. The molecule has 5 aliphatic heterocycles. The number of nitrogens with zero attached hydrogens (tertiary/aromatic N) is 4. The molecule has 9 rings (SSSR count). The minimum Gasteiger partial charge on any atom is -0.508 e. The summed E-state index contributed by atoms with van der Waals surface area (Å²) in [5.41, 5.74) is 8.47. The van der Waals surface area contributed by atoms with Crippen molar-refractivity contribution in [3.05, 3.63) is 124 Å². The average Bonchev–Trinajstić information content (AvgIpc) is 3.54. The maximum Gasteiger partial charge on any atom is 0.255 e. The number of fused-ring (bicyclic) bond motifs is 2. The Balaban J connectivity index is 0.788. The second-order valence-corrected chi connectivity index (χ2v) is 16.2. The van der Waals surface area contributed by atoms with Gasteiger partial charge in [0.1, 0.15) is 17.6 Å². The predicted octanol–water partition coefficient (Wildman–Crippen LogP) is 6.04. The van der Waals surface area contributed by atoms with E-state index in [1.54, 1.807) is 30.0 Å². The Morgan fingerprint density at radius 3 is 2.27 bits per heavy atom. The van der Waals surface area contributed by atoms with Crippen LogP contribution in [0.5, 0.6) is 5.75 Å². The molecule has 56 heavy (non-hydrogen) atoms. The van der Waals surface area contributed by atoms with Crippen LogP contribution in [0.25, 0.3) is 0 Å². The summed E-state index contributed by atoms with van der Waals surface area (Å²) >= 11 is 0. The lowest BCUT2D eigenvalue weighted by molar-refractivity contribution is -0.136. The molecule has 3 fully saturated rings. The molecule has 290 valence electrons. The highest BCUT2D eigenvalue weighted by molar-refractivity contribution is 6.05. The van der Waals surface area contributed by atoms with Crippen LogP contribution in [-0.4, -0.2) is 84.5 Å². The third kappa shape index (κ3) is 7.03. The van der Waals surface area contributed by atoms with E-state index in [1.165, 1.54) is 5.69 Å². The summed E-state index contributed by atoms with van der Waals surface area (Å²) in [6.45, 7) is 9.45. The van der Waals surface area contributed by atoms with Crippen molar-refractivity contribution in [3.8, 4) is 5.75 Å². The lowest BCUT2D eigenvalue weighted by atomic mass is 9.79. The zero-order chi connectivity index (χ0) is 38.5. The second-order valence-electron chi connectivity index (χ2n) is 16.2. The van der Waals surface area contributed by atoms with Crippen LogP contribution < -0.4 is 15.1 Å². The molecule has 5 aliphatic rings. The van der Waals surface area contributed by atoms with Gasteiger partial charge in [0.15, 0.2) is 0 Å². The smallest absolute Gasteiger partial charge is 0.255 e. The molecule has 0 unspecified atom stereocenters. The molecule has 3 atom stereocenters. The van der Waals surface area contributed by atoms with Crippen molar-refractivity contribution in [2.45, 2.75) is 63.8 Å². The first-order valence-electron chi connectivity index (χ1n) is 20.0. The lowest BCUT2D eigenvalue weighted by Gasteiger charge is -2.40. The number of amides is 3. The van der Waals surface area contributed by atoms with Crippen LogP contribution in [0, 0.1) is 18.7 Å². The Kier molecular flexibility index (Phi) is 9.75. The number of rotatable bonds is 7. The van der Waals surface area contributed by atoms with Crippen molar-refractivity contribution >= 4 is 29.1 Å². The Morgan fingerprint density at radius 2 is 1.52 bits per heavy atom. The number of phenolic OH excluding ortho intramolecular Hbond substituents is 1. The van der Waals surface area contributed by atoms with Crippen molar-refractivity contribution in [1.29, 1.82) is 0 Å². The fraction of sp³-hybridized carbons (Fsp3) is 0.400. The monoisotopic (exact) mass is 757 g/mol. The highest BCUT2D eigenvalue weighted by Gasteiger charge is 2.39. The topological polar surface area (TPSA) is 106 Å². The van der Waals surface area contributed by atoms with Gasteiger partial charge in [-0.3, -0.25) is 24.6 Å². The molecule has 0 spiro atoms. The summed E-state index contributed by atoms with van der Waals surface area (Å²) < 4.78 is 21.1. The van der Waals surface area contributed by atoms with Gasteiger partial charge in [0, 0.05) is 81.6 Å². The number of benzene rings is 4.